The molecule has 0 saturated carbocycles. The number of carbonyl (C=O) groups is 2. The standard InChI is InChI=1S/C33H41N3O5S/c1-31(2)27(24-11-13-25(14-12-24)29(37)38)15-17-32(3)23-35(20-16-28(31)32)30(39)33(26-9-7-6-8-10-26)18-21-36(22-19-33)42(40,41)34(4)5/h6-16H,17-23H2,1-5H3,(H,37,38)/t32-/m1/s1. The first kappa shape index (κ1) is 30.2. The second kappa shape index (κ2) is 10.8. The van der Waals surface area contributed by atoms with Crippen molar-refractivity contribution < 1.29 is 23.1 Å². The molecule has 2 aromatic rings. The molecule has 0 spiro atoms. The summed E-state index contributed by atoms with van der Waals surface area (Å²) < 4.78 is 28.4. The number of benzene rings is 2. The Morgan fingerprint density at radius 1 is 0.905 bits per heavy atom. The third kappa shape index (κ3) is 5.01. The highest BCUT2D eigenvalue weighted by atomic mass is 32.2. The van der Waals surface area contributed by atoms with E-state index in [2.05, 4.69) is 32.9 Å². The molecule has 1 N–H and O–H groups in total. The average molecular weight is 592 g/mol. The van der Waals surface area contributed by atoms with Gasteiger partial charge in [-0.25, -0.2) is 4.79 Å². The van der Waals surface area contributed by atoms with Gasteiger partial charge in [0.2, 0.25) is 5.91 Å². The average Bonchev–Trinajstić information content (AvgIpc) is 2.96. The summed E-state index contributed by atoms with van der Waals surface area (Å²) in [7, 11) is -0.487. The topological polar surface area (TPSA) is 98.2 Å². The summed E-state index contributed by atoms with van der Waals surface area (Å²) in [5.74, 6) is -0.881. The molecule has 1 aliphatic carbocycles. The maximum absolute atomic E-state index is 14.6. The van der Waals surface area contributed by atoms with E-state index in [1.54, 1.807) is 12.1 Å². The molecule has 1 fully saturated rings. The first-order chi connectivity index (χ1) is 19.7. The van der Waals surface area contributed by atoms with Crippen molar-refractivity contribution in [3.63, 3.8) is 0 Å². The lowest BCUT2D eigenvalue weighted by molar-refractivity contribution is -0.140. The third-order valence-corrected chi connectivity index (χ3v) is 11.6. The maximum atomic E-state index is 14.6. The third-order valence-electron chi connectivity index (χ3n) is 9.64. The van der Waals surface area contributed by atoms with Crippen molar-refractivity contribution >= 4 is 27.7 Å². The van der Waals surface area contributed by atoms with Crippen molar-refractivity contribution in [3.05, 3.63) is 89.0 Å². The van der Waals surface area contributed by atoms with E-state index in [1.807, 2.05) is 47.4 Å². The minimum Gasteiger partial charge on any atom is -0.478 e. The zero-order valence-corrected chi connectivity index (χ0v) is 25.9. The largest absolute Gasteiger partial charge is 0.478 e. The Kier molecular flexibility index (Phi) is 7.75. The van der Waals surface area contributed by atoms with Gasteiger partial charge in [0.1, 0.15) is 0 Å². The minimum atomic E-state index is -3.56. The molecule has 5 rings (SSSR count). The number of carboxylic acid groups (broad SMARTS) is 1. The molecule has 1 amide bonds. The smallest absolute Gasteiger partial charge is 0.335 e. The summed E-state index contributed by atoms with van der Waals surface area (Å²) in [5, 5.41) is 9.32. The number of rotatable bonds is 6. The number of hydrogen-bond donors (Lipinski definition) is 1. The van der Waals surface area contributed by atoms with Crippen LogP contribution in [0.2, 0.25) is 0 Å². The van der Waals surface area contributed by atoms with Crippen LogP contribution < -0.4 is 0 Å². The van der Waals surface area contributed by atoms with Gasteiger partial charge in [0.05, 0.1) is 11.0 Å². The zero-order valence-electron chi connectivity index (χ0n) is 25.1. The molecule has 1 atom stereocenters. The van der Waals surface area contributed by atoms with Crippen molar-refractivity contribution in [2.24, 2.45) is 10.8 Å². The number of carboxylic acids is 1. The summed E-state index contributed by atoms with van der Waals surface area (Å²) >= 11 is 0. The van der Waals surface area contributed by atoms with Gasteiger partial charge in [0.15, 0.2) is 0 Å². The van der Waals surface area contributed by atoms with Crippen LogP contribution in [0.4, 0.5) is 0 Å². The van der Waals surface area contributed by atoms with Gasteiger partial charge in [-0.15, -0.1) is 0 Å². The fraction of sp³-hybridized carbons (Fsp3) is 0.455. The lowest BCUT2D eigenvalue weighted by Crippen LogP contribution is -2.58. The molecule has 3 aliphatic rings. The summed E-state index contributed by atoms with van der Waals surface area (Å²) in [6.45, 7) is 8.28. The Hall–Kier alpha value is -3.27. The Labute approximate surface area is 249 Å². The van der Waals surface area contributed by atoms with Crippen molar-refractivity contribution in [1.29, 1.82) is 0 Å². The van der Waals surface area contributed by atoms with Gasteiger partial charge >= 0.3 is 5.97 Å². The van der Waals surface area contributed by atoms with Crippen molar-refractivity contribution in [1.82, 2.24) is 13.5 Å². The fourth-order valence-corrected chi connectivity index (χ4v) is 8.48. The Bertz CT molecular complexity index is 1540. The number of aromatic carboxylic acids is 1. The van der Waals surface area contributed by atoms with Crippen LogP contribution in [0.3, 0.4) is 0 Å². The first-order valence-electron chi connectivity index (χ1n) is 14.5. The Balaban J connectivity index is 1.43. The minimum absolute atomic E-state index is 0.0592. The van der Waals surface area contributed by atoms with Crippen molar-refractivity contribution in [2.75, 3.05) is 40.3 Å². The van der Waals surface area contributed by atoms with E-state index in [1.165, 1.54) is 28.3 Å². The van der Waals surface area contributed by atoms with E-state index >= 15 is 0 Å². The molecule has 0 radical (unpaired) electrons. The number of nitrogens with zero attached hydrogens (tertiary/aromatic N) is 3. The van der Waals surface area contributed by atoms with E-state index in [0.717, 1.165) is 23.1 Å². The Morgan fingerprint density at radius 2 is 1.52 bits per heavy atom. The van der Waals surface area contributed by atoms with Gasteiger partial charge in [-0.1, -0.05) is 81.0 Å². The van der Waals surface area contributed by atoms with Crippen LogP contribution in [0.25, 0.3) is 5.57 Å². The van der Waals surface area contributed by atoms with E-state index in [9.17, 15) is 23.1 Å². The SMILES string of the molecule is CN(C)S(=O)(=O)N1CCC(C(=O)N2CC=C3C(C)(C)C(c4ccc(C(=O)O)cc4)=CC[C@]3(C)C2)(c2ccccc2)CC1. The first-order valence-corrected chi connectivity index (χ1v) is 15.9. The van der Waals surface area contributed by atoms with E-state index < -0.39 is 21.6 Å². The number of allylic oxidation sites excluding steroid dienone is 2. The molecule has 2 heterocycles. The molecule has 1 saturated heterocycles. The fourth-order valence-electron chi connectivity index (χ4n) is 7.37. The van der Waals surface area contributed by atoms with Crippen molar-refractivity contribution in [2.45, 2.75) is 45.4 Å². The monoisotopic (exact) mass is 591 g/mol. The normalized spacial score (nSPS) is 24.0. The quantitative estimate of drug-likeness (QED) is 0.486. The van der Waals surface area contributed by atoms with Crippen LogP contribution in [-0.4, -0.2) is 79.2 Å². The highest BCUT2D eigenvalue weighted by Gasteiger charge is 2.51. The predicted molar refractivity (Wildman–Crippen MR) is 164 cm³/mol. The molecule has 2 aliphatic heterocycles. The van der Waals surface area contributed by atoms with Crippen LogP contribution in [-0.2, 0) is 20.4 Å². The second-order valence-corrected chi connectivity index (χ2v) is 15.0. The lowest BCUT2D eigenvalue weighted by Gasteiger charge is -2.52. The molecular weight excluding hydrogens is 550 g/mol. The van der Waals surface area contributed by atoms with E-state index in [0.29, 0.717) is 25.9 Å². The van der Waals surface area contributed by atoms with Gasteiger partial charge in [-0.2, -0.15) is 17.0 Å². The number of carbonyl (C=O) groups excluding carboxylic acids is 1. The predicted octanol–water partition coefficient (Wildman–Crippen LogP) is 4.81. The van der Waals surface area contributed by atoms with Gasteiger partial charge in [-0.05, 0) is 48.1 Å². The Morgan fingerprint density at radius 3 is 2.10 bits per heavy atom. The number of fused-ring (bicyclic) bond motifs is 1. The molecule has 0 unspecified atom stereocenters. The number of amides is 1. The van der Waals surface area contributed by atoms with Crippen molar-refractivity contribution in [3.8, 4) is 0 Å². The van der Waals surface area contributed by atoms with Crippen LogP contribution >= 0.6 is 0 Å². The summed E-state index contributed by atoms with van der Waals surface area (Å²) in [6, 6.07) is 16.9. The summed E-state index contributed by atoms with van der Waals surface area (Å²) in [5.41, 5.74) is 3.32. The molecule has 0 bridgehead atoms. The highest BCUT2D eigenvalue weighted by Crippen LogP contribution is 2.55. The number of hydrogen-bond acceptors (Lipinski definition) is 4. The molecule has 8 nitrogen and oxygen atoms in total. The molecular formula is C33H41N3O5S. The zero-order chi connectivity index (χ0) is 30.5. The number of piperidine rings is 1. The molecule has 42 heavy (non-hydrogen) atoms. The molecule has 224 valence electrons. The second-order valence-electron chi connectivity index (χ2n) is 12.8. The van der Waals surface area contributed by atoms with Crippen LogP contribution in [0.1, 0.15) is 61.5 Å². The van der Waals surface area contributed by atoms with Gasteiger partial charge in [0, 0.05) is 51.1 Å². The van der Waals surface area contributed by atoms with Gasteiger partial charge in [-0.3, -0.25) is 4.79 Å². The highest BCUT2D eigenvalue weighted by molar-refractivity contribution is 7.86. The summed E-state index contributed by atoms with van der Waals surface area (Å²) in [4.78, 5) is 27.9. The van der Waals surface area contributed by atoms with E-state index in [-0.39, 0.29) is 35.4 Å². The van der Waals surface area contributed by atoms with E-state index in [4.69, 9.17) is 0 Å². The maximum Gasteiger partial charge on any atom is 0.335 e. The van der Waals surface area contributed by atoms with Crippen LogP contribution in [0, 0.1) is 10.8 Å². The van der Waals surface area contributed by atoms with Gasteiger partial charge < -0.3 is 10.0 Å². The lowest BCUT2D eigenvalue weighted by atomic mass is 9.58. The molecule has 2 aromatic carbocycles. The molecule has 9 heteroatoms. The van der Waals surface area contributed by atoms with Gasteiger partial charge in [0.25, 0.3) is 10.2 Å². The van der Waals surface area contributed by atoms with Crippen LogP contribution in [0.5, 0.6) is 0 Å². The van der Waals surface area contributed by atoms with Crippen LogP contribution in [0.15, 0.2) is 72.3 Å². The molecule has 0 aromatic heterocycles. The summed E-state index contributed by atoms with van der Waals surface area (Å²) in [6.07, 6.45) is 6.07.